The molecule has 0 amide bonds. The van der Waals surface area contributed by atoms with Crippen molar-refractivity contribution in [2.45, 2.75) is 32.2 Å². The molecule has 0 bridgehead atoms. The lowest BCUT2D eigenvalue weighted by Gasteiger charge is -2.17. The zero-order chi connectivity index (χ0) is 11.8. The second-order valence-corrected chi connectivity index (χ2v) is 3.62. The number of aromatic nitrogens is 1. The number of nitrogens with zero attached hydrogens (tertiary/aromatic N) is 1. The van der Waals surface area contributed by atoms with Crippen LogP contribution in [0, 0.1) is 18.2 Å². The maximum atomic E-state index is 13.5. The van der Waals surface area contributed by atoms with Crippen LogP contribution in [0.25, 0.3) is 0 Å². The van der Waals surface area contributed by atoms with Crippen molar-refractivity contribution in [2.24, 2.45) is 0 Å². The van der Waals surface area contributed by atoms with Crippen molar-refractivity contribution in [1.82, 2.24) is 10.3 Å². The average Bonchev–Trinajstić information content (AvgIpc) is 2.31. The van der Waals surface area contributed by atoms with Gasteiger partial charge in [0.25, 0.3) is 0 Å². The summed E-state index contributed by atoms with van der Waals surface area (Å²) in [5, 5.41) is 3.26. The van der Waals surface area contributed by atoms with E-state index in [0.717, 1.165) is 13.0 Å². The lowest BCUT2D eigenvalue weighted by Crippen LogP contribution is -2.24. The Balaban J connectivity index is 2.75. The van der Waals surface area contributed by atoms with Crippen LogP contribution >= 0.6 is 0 Å². The Hall–Kier alpha value is -1.40. The number of terminal acetylenes is 1. The molecule has 16 heavy (non-hydrogen) atoms. The molecule has 0 aliphatic carbocycles. The van der Waals surface area contributed by atoms with E-state index in [9.17, 15) is 4.39 Å². The second kappa shape index (κ2) is 6.97. The summed E-state index contributed by atoms with van der Waals surface area (Å²) < 4.78 is 13.5. The van der Waals surface area contributed by atoms with Crippen LogP contribution in [0.4, 0.5) is 4.39 Å². The third kappa shape index (κ3) is 3.63. The zero-order valence-corrected chi connectivity index (χ0v) is 9.54. The highest BCUT2D eigenvalue weighted by molar-refractivity contribution is 5.12. The fourth-order valence-corrected chi connectivity index (χ4v) is 1.54. The molecule has 0 fully saturated rings. The number of nitrogens with one attached hydrogen (secondary N) is 1. The first kappa shape index (κ1) is 12.7. The van der Waals surface area contributed by atoms with Gasteiger partial charge >= 0.3 is 0 Å². The molecule has 1 rings (SSSR count). The molecular weight excluding hydrogens is 203 g/mol. The Bertz CT molecular complexity index is 357. The standard InChI is InChI=1S/C13H17FN2/c1-3-5-8-12(15-9-4-2)13-11(14)7-6-10-16-13/h1,6-7,10,12,15H,4-5,8-9H2,2H3. The van der Waals surface area contributed by atoms with Gasteiger partial charge in [-0.1, -0.05) is 6.92 Å². The summed E-state index contributed by atoms with van der Waals surface area (Å²) in [5.74, 6) is 2.30. The minimum atomic E-state index is -0.270. The molecule has 0 saturated heterocycles. The van der Waals surface area contributed by atoms with E-state index >= 15 is 0 Å². The molecule has 0 spiro atoms. The summed E-state index contributed by atoms with van der Waals surface area (Å²) in [6.07, 6.45) is 9.17. The number of pyridine rings is 1. The van der Waals surface area contributed by atoms with E-state index in [1.54, 1.807) is 12.3 Å². The van der Waals surface area contributed by atoms with E-state index in [2.05, 4.69) is 23.1 Å². The van der Waals surface area contributed by atoms with Gasteiger partial charge < -0.3 is 5.32 Å². The fraction of sp³-hybridized carbons (Fsp3) is 0.462. The van der Waals surface area contributed by atoms with Crippen molar-refractivity contribution in [3.63, 3.8) is 0 Å². The average molecular weight is 220 g/mol. The van der Waals surface area contributed by atoms with Crippen LogP contribution in [0.15, 0.2) is 18.3 Å². The van der Waals surface area contributed by atoms with Crippen LogP contribution in [-0.4, -0.2) is 11.5 Å². The van der Waals surface area contributed by atoms with Crippen LogP contribution < -0.4 is 5.32 Å². The minimum Gasteiger partial charge on any atom is -0.309 e. The normalized spacial score (nSPS) is 12.1. The second-order valence-electron chi connectivity index (χ2n) is 3.62. The molecule has 2 nitrogen and oxygen atoms in total. The van der Waals surface area contributed by atoms with Crippen LogP contribution in [0.5, 0.6) is 0 Å². The van der Waals surface area contributed by atoms with E-state index in [0.29, 0.717) is 18.5 Å². The van der Waals surface area contributed by atoms with Gasteiger partial charge in [0.15, 0.2) is 0 Å². The molecule has 0 aliphatic rings. The molecule has 86 valence electrons. The third-order valence-corrected chi connectivity index (χ3v) is 2.34. The first-order chi connectivity index (χ1) is 7.79. The van der Waals surface area contributed by atoms with Gasteiger partial charge in [-0.15, -0.1) is 12.3 Å². The SMILES string of the molecule is C#CCCC(NCCC)c1ncccc1F. The highest BCUT2D eigenvalue weighted by atomic mass is 19.1. The highest BCUT2D eigenvalue weighted by Gasteiger charge is 2.15. The lowest BCUT2D eigenvalue weighted by molar-refractivity contribution is 0.465. The predicted octanol–water partition coefficient (Wildman–Crippen LogP) is 2.67. The van der Waals surface area contributed by atoms with E-state index in [4.69, 9.17) is 6.42 Å². The summed E-state index contributed by atoms with van der Waals surface area (Å²) in [6.45, 7) is 2.91. The lowest BCUT2D eigenvalue weighted by atomic mass is 10.1. The number of hydrogen-bond acceptors (Lipinski definition) is 2. The molecule has 0 aliphatic heterocycles. The van der Waals surface area contributed by atoms with E-state index in [1.165, 1.54) is 6.07 Å². The first-order valence-corrected chi connectivity index (χ1v) is 5.56. The molecule has 1 aromatic rings. The summed E-state index contributed by atoms with van der Waals surface area (Å²) in [4.78, 5) is 4.08. The number of halogens is 1. The highest BCUT2D eigenvalue weighted by Crippen LogP contribution is 2.18. The minimum absolute atomic E-state index is 0.0859. The van der Waals surface area contributed by atoms with Gasteiger partial charge in [0.1, 0.15) is 5.82 Å². The molecule has 3 heteroatoms. The molecule has 0 saturated carbocycles. The Morgan fingerprint density at radius 3 is 3.06 bits per heavy atom. The van der Waals surface area contributed by atoms with Gasteiger partial charge in [-0.3, -0.25) is 4.98 Å². The van der Waals surface area contributed by atoms with E-state index < -0.39 is 0 Å². The van der Waals surface area contributed by atoms with Crippen molar-refractivity contribution in [3.05, 3.63) is 29.8 Å². The number of hydrogen-bond donors (Lipinski definition) is 1. The zero-order valence-electron chi connectivity index (χ0n) is 9.54. The van der Waals surface area contributed by atoms with Crippen molar-refractivity contribution < 1.29 is 4.39 Å². The maximum Gasteiger partial charge on any atom is 0.146 e. The van der Waals surface area contributed by atoms with Gasteiger partial charge in [-0.25, -0.2) is 4.39 Å². The van der Waals surface area contributed by atoms with Crippen molar-refractivity contribution >= 4 is 0 Å². The Morgan fingerprint density at radius 2 is 2.44 bits per heavy atom. The summed E-state index contributed by atoms with van der Waals surface area (Å²) >= 11 is 0. The smallest absolute Gasteiger partial charge is 0.146 e. The van der Waals surface area contributed by atoms with Gasteiger partial charge in [0, 0.05) is 12.6 Å². The van der Waals surface area contributed by atoms with Crippen molar-refractivity contribution in [3.8, 4) is 12.3 Å². The predicted molar refractivity (Wildman–Crippen MR) is 63.3 cm³/mol. The Kier molecular flexibility index (Phi) is 5.52. The van der Waals surface area contributed by atoms with Crippen molar-refractivity contribution in [2.75, 3.05) is 6.54 Å². The molecule has 0 aromatic carbocycles. The molecule has 0 radical (unpaired) electrons. The Labute approximate surface area is 96.3 Å². The van der Waals surface area contributed by atoms with Crippen molar-refractivity contribution in [1.29, 1.82) is 0 Å². The van der Waals surface area contributed by atoms with Crippen LogP contribution in [-0.2, 0) is 0 Å². The largest absolute Gasteiger partial charge is 0.309 e. The topological polar surface area (TPSA) is 24.9 Å². The van der Waals surface area contributed by atoms with E-state index in [-0.39, 0.29) is 11.9 Å². The molecule has 1 N–H and O–H groups in total. The third-order valence-electron chi connectivity index (χ3n) is 2.34. The monoisotopic (exact) mass is 220 g/mol. The van der Waals surface area contributed by atoms with Crippen LogP contribution in [0.2, 0.25) is 0 Å². The first-order valence-electron chi connectivity index (χ1n) is 5.56. The fourth-order valence-electron chi connectivity index (χ4n) is 1.54. The quantitative estimate of drug-likeness (QED) is 0.745. The number of rotatable bonds is 6. The van der Waals surface area contributed by atoms with Crippen LogP contribution in [0.3, 0.4) is 0 Å². The maximum absolute atomic E-state index is 13.5. The van der Waals surface area contributed by atoms with Gasteiger partial charge in [-0.05, 0) is 31.5 Å². The molecule has 1 aromatic heterocycles. The summed E-state index contributed by atoms with van der Waals surface area (Å²) in [7, 11) is 0. The van der Waals surface area contributed by atoms with Gasteiger partial charge in [0.2, 0.25) is 0 Å². The molecule has 1 unspecified atom stereocenters. The van der Waals surface area contributed by atoms with Crippen LogP contribution in [0.1, 0.15) is 37.9 Å². The summed E-state index contributed by atoms with van der Waals surface area (Å²) in [5.41, 5.74) is 0.464. The molecule has 1 heterocycles. The molecule has 1 atom stereocenters. The molecular formula is C13H17FN2. The summed E-state index contributed by atoms with van der Waals surface area (Å²) in [6, 6.07) is 2.94. The van der Waals surface area contributed by atoms with Gasteiger partial charge in [-0.2, -0.15) is 0 Å². The van der Waals surface area contributed by atoms with Gasteiger partial charge in [0.05, 0.1) is 11.7 Å². The van der Waals surface area contributed by atoms with E-state index in [1.807, 2.05) is 0 Å². The Morgan fingerprint density at radius 1 is 1.62 bits per heavy atom.